The highest BCUT2D eigenvalue weighted by Gasteiger charge is 2.45. The topological polar surface area (TPSA) is 70.1 Å². The van der Waals surface area contributed by atoms with Gasteiger partial charge < -0.3 is 19.6 Å². The summed E-state index contributed by atoms with van der Waals surface area (Å²) in [6.07, 6.45) is 0.0280. The third-order valence-electron chi connectivity index (χ3n) is 5.75. The molecule has 1 heterocycles. The van der Waals surface area contributed by atoms with E-state index in [-0.39, 0.29) is 17.4 Å². The lowest BCUT2D eigenvalue weighted by Crippen LogP contribution is -2.35. The van der Waals surface area contributed by atoms with Crippen LogP contribution in [0.25, 0.3) is 5.76 Å². The van der Waals surface area contributed by atoms with Crippen LogP contribution in [0, 0.1) is 0 Å². The number of nitrogens with zero attached hydrogens (tertiary/aromatic N) is 2. The van der Waals surface area contributed by atoms with Crippen LogP contribution in [0.5, 0.6) is 5.75 Å². The second kappa shape index (κ2) is 10.2. The average molecular weight is 451 g/mol. The summed E-state index contributed by atoms with van der Waals surface area (Å²) in [6, 6.07) is 14.2. The third-order valence-corrected chi connectivity index (χ3v) is 5.75. The normalized spacial score (nSPS) is 18.1. The molecule has 1 fully saturated rings. The van der Waals surface area contributed by atoms with Gasteiger partial charge in [0.15, 0.2) is 0 Å². The Morgan fingerprint density at radius 3 is 2.12 bits per heavy atom. The zero-order valence-corrected chi connectivity index (χ0v) is 20.3. The molecular weight excluding hydrogens is 416 g/mol. The molecule has 176 valence electrons. The van der Waals surface area contributed by atoms with Crippen molar-refractivity contribution in [1.82, 2.24) is 9.80 Å². The minimum Gasteiger partial charge on any atom is -0.507 e. The van der Waals surface area contributed by atoms with Gasteiger partial charge in [-0.05, 0) is 69.3 Å². The van der Waals surface area contributed by atoms with E-state index < -0.39 is 17.7 Å². The molecule has 0 aromatic heterocycles. The van der Waals surface area contributed by atoms with Crippen molar-refractivity contribution in [3.63, 3.8) is 0 Å². The Labute approximate surface area is 196 Å². The summed E-state index contributed by atoms with van der Waals surface area (Å²) in [7, 11) is 3.84. The summed E-state index contributed by atoms with van der Waals surface area (Å²) >= 11 is 0. The number of rotatable bonds is 8. The van der Waals surface area contributed by atoms with E-state index >= 15 is 0 Å². The quantitative estimate of drug-likeness (QED) is 0.362. The molecule has 6 nitrogen and oxygen atoms in total. The van der Waals surface area contributed by atoms with Gasteiger partial charge >= 0.3 is 0 Å². The largest absolute Gasteiger partial charge is 0.507 e. The number of ketones is 1. The molecule has 1 amide bonds. The van der Waals surface area contributed by atoms with Crippen LogP contribution in [-0.4, -0.2) is 59.9 Å². The van der Waals surface area contributed by atoms with Crippen molar-refractivity contribution in [2.45, 2.75) is 45.8 Å². The Kier molecular flexibility index (Phi) is 7.59. The van der Waals surface area contributed by atoms with Crippen LogP contribution in [0.1, 0.15) is 56.3 Å². The van der Waals surface area contributed by atoms with Crippen LogP contribution in [0.15, 0.2) is 54.1 Å². The summed E-state index contributed by atoms with van der Waals surface area (Å²) < 4.78 is 5.67. The molecular formula is C27H34N2O4. The number of hydrogen-bond acceptors (Lipinski definition) is 5. The van der Waals surface area contributed by atoms with Gasteiger partial charge in [-0.15, -0.1) is 0 Å². The van der Waals surface area contributed by atoms with Crippen LogP contribution in [0.2, 0.25) is 0 Å². The molecule has 1 saturated heterocycles. The summed E-state index contributed by atoms with van der Waals surface area (Å²) in [6.45, 7) is 9.10. The number of ether oxygens (including phenoxy) is 1. The van der Waals surface area contributed by atoms with E-state index in [9.17, 15) is 14.7 Å². The van der Waals surface area contributed by atoms with Crippen molar-refractivity contribution < 1.29 is 19.4 Å². The second-order valence-electron chi connectivity index (χ2n) is 9.31. The first-order chi connectivity index (χ1) is 15.6. The van der Waals surface area contributed by atoms with E-state index in [0.29, 0.717) is 30.3 Å². The fraction of sp³-hybridized carbons (Fsp3) is 0.407. The van der Waals surface area contributed by atoms with Crippen molar-refractivity contribution in [1.29, 1.82) is 0 Å². The average Bonchev–Trinajstić information content (AvgIpc) is 3.02. The summed E-state index contributed by atoms with van der Waals surface area (Å²) in [5.41, 5.74) is 2.57. The number of carbonyl (C=O) groups excluding carboxylic acids is 2. The maximum Gasteiger partial charge on any atom is 0.295 e. The maximum atomic E-state index is 13.1. The van der Waals surface area contributed by atoms with Crippen molar-refractivity contribution in [2.24, 2.45) is 0 Å². The second-order valence-corrected chi connectivity index (χ2v) is 9.31. The fourth-order valence-electron chi connectivity index (χ4n) is 3.95. The van der Waals surface area contributed by atoms with Gasteiger partial charge in [0.2, 0.25) is 0 Å². The number of aliphatic hydroxyl groups excluding tert-OH is 1. The molecule has 0 spiro atoms. The molecule has 6 heteroatoms. The fourth-order valence-corrected chi connectivity index (χ4v) is 3.95. The predicted octanol–water partition coefficient (Wildman–Crippen LogP) is 4.58. The van der Waals surface area contributed by atoms with Crippen molar-refractivity contribution in [2.75, 3.05) is 27.2 Å². The SMILES string of the molecule is CC(C)Oc1ccc(C(O)=C2C(=O)C(=O)N(CCN(C)C)[C@@H]2c2ccc(C(C)C)cc2)cc1. The van der Waals surface area contributed by atoms with E-state index in [1.165, 1.54) is 5.56 Å². The van der Waals surface area contributed by atoms with E-state index in [1.54, 1.807) is 29.2 Å². The van der Waals surface area contributed by atoms with Crippen molar-refractivity contribution in [3.8, 4) is 5.75 Å². The number of likely N-dealkylation sites (tertiary alicyclic amines) is 1. The molecule has 1 atom stereocenters. The predicted molar refractivity (Wildman–Crippen MR) is 130 cm³/mol. The van der Waals surface area contributed by atoms with Gasteiger partial charge in [0.05, 0.1) is 17.7 Å². The summed E-state index contributed by atoms with van der Waals surface area (Å²) in [5.74, 6) is -0.378. The minimum absolute atomic E-state index is 0.0280. The third kappa shape index (κ3) is 5.45. The highest BCUT2D eigenvalue weighted by Crippen LogP contribution is 2.39. The van der Waals surface area contributed by atoms with Crippen molar-refractivity contribution in [3.05, 3.63) is 70.8 Å². The molecule has 0 aliphatic carbocycles. The van der Waals surface area contributed by atoms with Gasteiger partial charge in [0, 0.05) is 18.7 Å². The van der Waals surface area contributed by atoms with Gasteiger partial charge in [-0.1, -0.05) is 38.1 Å². The van der Waals surface area contributed by atoms with Crippen LogP contribution in [0.3, 0.4) is 0 Å². The van der Waals surface area contributed by atoms with E-state index in [1.807, 2.05) is 57.1 Å². The molecule has 1 aliphatic heterocycles. The number of Topliss-reactive ketones (excluding diaryl/α,β-unsaturated/α-hetero) is 1. The molecule has 0 radical (unpaired) electrons. The van der Waals surface area contributed by atoms with Crippen LogP contribution >= 0.6 is 0 Å². The first kappa shape index (κ1) is 24.5. The van der Waals surface area contributed by atoms with Gasteiger partial charge in [0.1, 0.15) is 11.5 Å². The zero-order chi connectivity index (χ0) is 24.3. The Hall–Kier alpha value is -3.12. The van der Waals surface area contributed by atoms with Crippen LogP contribution in [0.4, 0.5) is 0 Å². The molecule has 1 N–H and O–H groups in total. The van der Waals surface area contributed by atoms with Crippen molar-refractivity contribution >= 4 is 17.4 Å². The Balaban J connectivity index is 2.07. The van der Waals surface area contributed by atoms with Crippen LogP contribution < -0.4 is 4.74 Å². The van der Waals surface area contributed by atoms with E-state index in [0.717, 1.165) is 5.56 Å². The first-order valence-electron chi connectivity index (χ1n) is 11.4. The summed E-state index contributed by atoms with van der Waals surface area (Å²) in [5, 5.41) is 11.2. The lowest BCUT2D eigenvalue weighted by atomic mass is 9.93. The number of benzene rings is 2. The molecule has 0 bridgehead atoms. The maximum absolute atomic E-state index is 13.1. The highest BCUT2D eigenvalue weighted by molar-refractivity contribution is 6.46. The van der Waals surface area contributed by atoms with E-state index in [2.05, 4.69) is 13.8 Å². The molecule has 3 rings (SSSR count). The molecule has 0 unspecified atom stereocenters. The zero-order valence-electron chi connectivity index (χ0n) is 20.3. The molecule has 1 aliphatic rings. The van der Waals surface area contributed by atoms with Gasteiger partial charge in [-0.25, -0.2) is 0 Å². The number of aliphatic hydroxyl groups is 1. The van der Waals surface area contributed by atoms with E-state index in [4.69, 9.17) is 4.74 Å². The number of carbonyl (C=O) groups is 2. The number of likely N-dealkylation sites (N-methyl/N-ethyl adjacent to an activating group) is 1. The molecule has 33 heavy (non-hydrogen) atoms. The smallest absolute Gasteiger partial charge is 0.295 e. The first-order valence-corrected chi connectivity index (χ1v) is 11.4. The number of hydrogen-bond donors (Lipinski definition) is 1. The molecule has 2 aromatic rings. The summed E-state index contributed by atoms with van der Waals surface area (Å²) in [4.78, 5) is 29.6. The monoisotopic (exact) mass is 450 g/mol. The molecule has 2 aromatic carbocycles. The Morgan fingerprint density at radius 1 is 1.00 bits per heavy atom. The van der Waals surface area contributed by atoms with Gasteiger partial charge in [-0.2, -0.15) is 0 Å². The highest BCUT2D eigenvalue weighted by atomic mass is 16.5. The Morgan fingerprint density at radius 2 is 1.61 bits per heavy atom. The Bertz CT molecular complexity index is 1020. The van der Waals surface area contributed by atoms with Gasteiger partial charge in [-0.3, -0.25) is 9.59 Å². The standard InChI is InChI=1S/C27H34N2O4/c1-17(2)19-7-9-20(10-8-19)24-23(26(31)27(32)29(24)16-15-28(5)6)25(30)21-11-13-22(14-12-21)33-18(3)4/h7-14,17-18,24,30H,15-16H2,1-6H3/t24-/m1/s1. The lowest BCUT2D eigenvalue weighted by molar-refractivity contribution is -0.140. The lowest BCUT2D eigenvalue weighted by Gasteiger charge is -2.27. The number of amides is 1. The van der Waals surface area contributed by atoms with Gasteiger partial charge in [0.25, 0.3) is 11.7 Å². The van der Waals surface area contributed by atoms with Crippen LogP contribution in [-0.2, 0) is 9.59 Å². The molecule has 0 saturated carbocycles. The minimum atomic E-state index is -0.660.